The molecule has 0 saturated carbocycles. The predicted molar refractivity (Wildman–Crippen MR) is 141 cm³/mol. The van der Waals surface area contributed by atoms with Crippen molar-refractivity contribution in [3.05, 3.63) is 105 Å². The molecule has 0 aliphatic heterocycles. The molecule has 0 aliphatic carbocycles. The van der Waals surface area contributed by atoms with Gasteiger partial charge in [0.25, 0.3) is 11.6 Å². The van der Waals surface area contributed by atoms with Crippen LogP contribution in [-0.2, 0) is 12.1 Å². The molecule has 0 unspecified atom stereocenters. The molecule has 4 rings (SSSR count). The summed E-state index contributed by atoms with van der Waals surface area (Å²) in [5.74, 6) is 0.766. The van der Waals surface area contributed by atoms with E-state index in [2.05, 4.69) is 31.2 Å². The first-order chi connectivity index (χ1) is 17.6. The summed E-state index contributed by atoms with van der Waals surface area (Å²) >= 11 is 5.89. The fourth-order valence-electron chi connectivity index (χ4n) is 3.40. The lowest BCUT2D eigenvalue weighted by Crippen LogP contribution is -2.14. The van der Waals surface area contributed by atoms with E-state index in [4.69, 9.17) is 21.1 Å². The Labute approximate surface area is 218 Å². The van der Waals surface area contributed by atoms with Gasteiger partial charge in [0.15, 0.2) is 12.4 Å². The second-order valence-electron chi connectivity index (χ2n) is 9.27. The first-order valence-corrected chi connectivity index (χ1v) is 11.8. The van der Waals surface area contributed by atoms with E-state index in [1.54, 1.807) is 30.5 Å². The molecular weight excluding hydrogens is 496 g/mol. The van der Waals surface area contributed by atoms with Gasteiger partial charge in [-0.05, 0) is 53.4 Å². The molecule has 4 aromatic rings. The van der Waals surface area contributed by atoms with E-state index in [0.717, 1.165) is 0 Å². The normalized spacial score (nSPS) is 11.1. The number of amides is 1. The number of anilines is 1. The molecule has 9 nitrogen and oxygen atoms in total. The molecule has 10 heteroatoms. The van der Waals surface area contributed by atoms with Crippen LogP contribution < -0.4 is 14.8 Å². The minimum absolute atomic E-state index is 0.0463. The fourth-order valence-corrected chi connectivity index (χ4v) is 3.53. The molecule has 0 atom stereocenters. The number of hydrogen-bond donors (Lipinski definition) is 1. The number of aromatic nitrogens is 2. The molecule has 0 saturated heterocycles. The average Bonchev–Trinajstić information content (AvgIpc) is 3.33. The number of ether oxygens (including phenoxy) is 2. The lowest BCUT2D eigenvalue weighted by molar-refractivity contribution is -0.384. The Morgan fingerprint density at radius 2 is 1.68 bits per heavy atom. The number of non-ortho nitro benzene ring substituents is 1. The quantitative estimate of drug-likeness (QED) is 0.201. The molecule has 1 heterocycles. The van der Waals surface area contributed by atoms with Crippen LogP contribution in [0.25, 0.3) is 0 Å². The van der Waals surface area contributed by atoms with Crippen molar-refractivity contribution in [2.24, 2.45) is 0 Å². The summed E-state index contributed by atoms with van der Waals surface area (Å²) in [4.78, 5) is 23.6. The molecule has 37 heavy (non-hydrogen) atoms. The van der Waals surface area contributed by atoms with E-state index in [-0.39, 0.29) is 35.0 Å². The molecule has 0 spiro atoms. The molecule has 1 aromatic heterocycles. The van der Waals surface area contributed by atoms with E-state index in [9.17, 15) is 14.9 Å². The zero-order valence-corrected chi connectivity index (χ0v) is 21.2. The average molecular weight is 521 g/mol. The second-order valence-corrected chi connectivity index (χ2v) is 9.71. The second kappa shape index (κ2) is 10.7. The van der Waals surface area contributed by atoms with Crippen LogP contribution in [0.4, 0.5) is 11.4 Å². The van der Waals surface area contributed by atoms with Crippen LogP contribution in [0.15, 0.2) is 79.0 Å². The number of benzene rings is 3. The van der Waals surface area contributed by atoms with Gasteiger partial charge in [0.05, 0.1) is 16.7 Å². The van der Waals surface area contributed by atoms with Crippen molar-refractivity contribution in [3.8, 4) is 17.2 Å². The van der Waals surface area contributed by atoms with Crippen LogP contribution in [-0.4, -0.2) is 20.6 Å². The van der Waals surface area contributed by atoms with Crippen LogP contribution in [0.5, 0.6) is 17.2 Å². The minimum atomic E-state index is -0.565. The van der Waals surface area contributed by atoms with Crippen molar-refractivity contribution >= 4 is 28.9 Å². The number of nitrogens with one attached hydrogen (secondary N) is 1. The van der Waals surface area contributed by atoms with Gasteiger partial charge >= 0.3 is 0 Å². The number of nitro benzene ring substituents is 1. The number of nitrogens with zero attached hydrogens (tertiary/aromatic N) is 3. The fraction of sp³-hybridized carbons (Fsp3) is 0.185. The summed E-state index contributed by atoms with van der Waals surface area (Å²) in [6.07, 6.45) is 1.61. The summed E-state index contributed by atoms with van der Waals surface area (Å²) < 4.78 is 12.9. The molecule has 0 radical (unpaired) electrons. The Morgan fingerprint density at radius 1 is 1.00 bits per heavy atom. The van der Waals surface area contributed by atoms with E-state index in [1.165, 1.54) is 34.5 Å². The number of nitro groups is 1. The molecule has 1 amide bonds. The van der Waals surface area contributed by atoms with Crippen molar-refractivity contribution in [2.45, 2.75) is 32.9 Å². The van der Waals surface area contributed by atoms with Crippen LogP contribution in [0.2, 0.25) is 5.02 Å². The van der Waals surface area contributed by atoms with Crippen LogP contribution in [0.1, 0.15) is 36.8 Å². The van der Waals surface area contributed by atoms with Gasteiger partial charge in [-0.2, -0.15) is 5.10 Å². The summed E-state index contributed by atoms with van der Waals surface area (Å²) in [6.45, 7) is 6.53. The van der Waals surface area contributed by atoms with Gasteiger partial charge in [-0.25, -0.2) is 4.68 Å². The Bertz CT molecular complexity index is 1410. The number of hydrogen-bond acceptors (Lipinski definition) is 6. The van der Waals surface area contributed by atoms with Gasteiger partial charge in [-0.1, -0.05) is 44.5 Å². The highest BCUT2D eigenvalue weighted by Crippen LogP contribution is 2.30. The van der Waals surface area contributed by atoms with Crippen molar-refractivity contribution in [3.63, 3.8) is 0 Å². The van der Waals surface area contributed by atoms with Gasteiger partial charge in [-0.3, -0.25) is 14.9 Å². The molecule has 0 fully saturated rings. The van der Waals surface area contributed by atoms with E-state index in [0.29, 0.717) is 16.5 Å². The van der Waals surface area contributed by atoms with Crippen molar-refractivity contribution < 1.29 is 19.2 Å². The molecular formula is C27H25ClN4O5. The first-order valence-electron chi connectivity index (χ1n) is 11.4. The van der Waals surface area contributed by atoms with Crippen molar-refractivity contribution in [2.75, 3.05) is 5.32 Å². The monoisotopic (exact) mass is 520 g/mol. The lowest BCUT2D eigenvalue weighted by atomic mass is 9.87. The maximum Gasteiger partial charge on any atom is 0.276 e. The summed E-state index contributed by atoms with van der Waals surface area (Å²) in [6, 6.07) is 19.9. The lowest BCUT2D eigenvalue weighted by Gasteiger charge is -2.19. The standard InChI is InChI=1S/C27H25ClN4O5/c1-27(2,3)18-4-8-22(9-5-18)36-17-31-13-12-25(30-31)26(33)29-20-14-21(32(34)35)16-24(15-20)37-23-10-6-19(28)7-11-23/h4-16H,17H2,1-3H3,(H,29,33). The largest absolute Gasteiger partial charge is 0.471 e. The van der Waals surface area contributed by atoms with E-state index < -0.39 is 10.8 Å². The van der Waals surface area contributed by atoms with Gasteiger partial charge in [0.1, 0.15) is 17.2 Å². The molecule has 0 aliphatic rings. The Kier molecular flexibility index (Phi) is 7.45. The number of carbonyl (C=O) groups is 1. The summed E-state index contributed by atoms with van der Waals surface area (Å²) in [5, 5.41) is 18.8. The van der Waals surface area contributed by atoms with Crippen LogP contribution in [0.3, 0.4) is 0 Å². The highest BCUT2D eigenvalue weighted by atomic mass is 35.5. The van der Waals surface area contributed by atoms with Crippen molar-refractivity contribution in [1.29, 1.82) is 0 Å². The Hall–Kier alpha value is -4.37. The van der Waals surface area contributed by atoms with Gasteiger partial charge in [0.2, 0.25) is 0 Å². The summed E-state index contributed by atoms with van der Waals surface area (Å²) in [5.41, 5.74) is 1.32. The zero-order valence-electron chi connectivity index (χ0n) is 20.5. The predicted octanol–water partition coefficient (Wildman–Crippen LogP) is 6.82. The zero-order chi connectivity index (χ0) is 26.6. The van der Waals surface area contributed by atoms with Gasteiger partial charge in [-0.15, -0.1) is 0 Å². The highest BCUT2D eigenvalue weighted by molar-refractivity contribution is 6.30. The van der Waals surface area contributed by atoms with E-state index >= 15 is 0 Å². The minimum Gasteiger partial charge on any atom is -0.471 e. The van der Waals surface area contributed by atoms with Crippen LogP contribution in [0, 0.1) is 10.1 Å². The maximum absolute atomic E-state index is 12.8. The molecule has 1 N–H and O–H groups in total. The number of carbonyl (C=O) groups excluding carboxylic acids is 1. The number of halogens is 1. The number of rotatable bonds is 8. The van der Waals surface area contributed by atoms with Crippen molar-refractivity contribution in [1.82, 2.24) is 9.78 Å². The van der Waals surface area contributed by atoms with Crippen LogP contribution >= 0.6 is 11.6 Å². The topological polar surface area (TPSA) is 109 Å². The first kappa shape index (κ1) is 25.7. The molecule has 190 valence electrons. The third-order valence-corrected chi connectivity index (χ3v) is 5.62. The molecule has 0 bridgehead atoms. The Morgan fingerprint density at radius 3 is 2.32 bits per heavy atom. The SMILES string of the molecule is CC(C)(C)c1ccc(OCn2ccc(C(=O)Nc3cc(Oc4ccc(Cl)cc4)cc([N+](=O)[O-])c3)n2)cc1. The third kappa shape index (κ3) is 6.86. The highest BCUT2D eigenvalue weighted by Gasteiger charge is 2.16. The molecule has 3 aromatic carbocycles. The third-order valence-electron chi connectivity index (χ3n) is 5.37. The van der Waals surface area contributed by atoms with E-state index in [1.807, 2.05) is 24.3 Å². The van der Waals surface area contributed by atoms with Gasteiger partial charge < -0.3 is 14.8 Å². The Balaban J connectivity index is 1.42. The smallest absolute Gasteiger partial charge is 0.276 e. The van der Waals surface area contributed by atoms with Gasteiger partial charge in [0, 0.05) is 23.4 Å². The summed E-state index contributed by atoms with van der Waals surface area (Å²) in [7, 11) is 0. The maximum atomic E-state index is 12.8.